The van der Waals surface area contributed by atoms with Gasteiger partial charge in [-0.15, -0.1) is 0 Å². The number of nitrogens with one attached hydrogen (secondary N) is 1. The van der Waals surface area contributed by atoms with Gasteiger partial charge in [-0.2, -0.15) is 0 Å². The first kappa shape index (κ1) is 15.0. The molecule has 0 atom stereocenters. The Morgan fingerprint density at radius 1 is 1.09 bits per heavy atom. The van der Waals surface area contributed by atoms with Gasteiger partial charge >= 0.3 is 0 Å². The van der Waals surface area contributed by atoms with Crippen LogP contribution in [0.1, 0.15) is 28.4 Å². The first-order valence-electron chi connectivity index (χ1n) is 7.48. The van der Waals surface area contributed by atoms with Gasteiger partial charge in [0.2, 0.25) is 0 Å². The summed E-state index contributed by atoms with van der Waals surface area (Å²) in [4.78, 5) is 17.1. The average molecular weight is 302 g/mol. The van der Waals surface area contributed by atoms with Crippen LogP contribution in [0.2, 0.25) is 0 Å². The standard InChI is InChI=1S/C20H18N2O/c1-13(2)16-10-9-14(3)12-17(16)20(23)22-18-8-4-6-15-7-5-11-21-19(15)18/h4-12H,1H2,2-3H3,(H,22,23). The highest BCUT2D eigenvalue weighted by atomic mass is 16.1. The third-order valence-corrected chi connectivity index (χ3v) is 3.76. The molecule has 3 heteroatoms. The summed E-state index contributed by atoms with van der Waals surface area (Å²) in [6.45, 7) is 7.84. The highest BCUT2D eigenvalue weighted by Gasteiger charge is 2.14. The second-order valence-corrected chi connectivity index (χ2v) is 5.66. The number of fused-ring (bicyclic) bond motifs is 1. The van der Waals surface area contributed by atoms with Gasteiger partial charge < -0.3 is 5.32 Å². The Bertz CT molecular complexity index is 907. The maximum atomic E-state index is 12.8. The molecule has 1 heterocycles. The molecule has 0 unspecified atom stereocenters. The Morgan fingerprint density at radius 2 is 1.87 bits per heavy atom. The molecule has 0 saturated heterocycles. The second-order valence-electron chi connectivity index (χ2n) is 5.66. The Balaban J connectivity index is 2.02. The number of nitrogens with zero attached hydrogens (tertiary/aromatic N) is 1. The quantitative estimate of drug-likeness (QED) is 0.753. The van der Waals surface area contributed by atoms with Crippen LogP contribution in [0.4, 0.5) is 5.69 Å². The van der Waals surface area contributed by atoms with E-state index in [0.717, 1.165) is 27.6 Å². The van der Waals surface area contributed by atoms with Crippen LogP contribution in [0.5, 0.6) is 0 Å². The first-order valence-corrected chi connectivity index (χ1v) is 7.48. The molecule has 3 nitrogen and oxygen atoms in total. The molecule has 1 N–H and O–H groups in total. The van der Waals surface area contributed by atoms with Gasteiger partial charge in [-0.05, 0) is 37.6 Å². The minimum atomic E-state index is -0.148. The zero-order valence-electron chi connectivity index (χ0n) is 13.3. The lowest BCUT2D eigenvalue weighted by molar-refractivity contribution is 0.102. The van der Waals surface area contributed by atoms with E-state index < -0.39 is 0 Å². The molecular weight excluding hydrogens is 284 g/mol. The van der Waals surface area contributed by atoms with Crippen molar-refractivity contribution in [1.29, 1.82) is 0 Å². The van der Waals surface area contributed by atoms with Crippen molar-refractivity contribution >= 4 is 28.1 Å². The van der Waals surface area contributed by atoms with Crippen molar-refractivity contribution in [3.8, 4) is 0 Å². The van der Waals surface area contributed by atoms with Gasteiger partial charge in [-0.25, -0.2) is 0 Å². The summed E-state index contributed by atoms with van der Waals surface area (Å²) in [5, 5.41) is 3.98. The number of allylic oxidation sites excluding steroid dienone is 1. The summed E-state index contributed by atoms with van der Waals surface area (Å²) in [7, 11) is 0. The average Bonchev–Trinajstić information content (AvgIpc) is 2.54. The largest absolute Gasteiger partial charge is 0.320 e. The predicted octanol–water partition coefficient (Wildman–Crippen LogP) is 4.83. The molecule has 1 aromatic heterocycles. The van der Waals surface area contributed by atoms with E-state index in [-0.39, 0.29) is 5.91 Å². The van der Waals surface area contributed by atoms with E-state index >= 15 is 0 Å². The Hall–Kier alpha value is -2.94. The van der Waals surface area contributed by atoms with Crippen molar-refractivity contribution in [2.45, 2.75) is 13.8 Å². The third-order valence-electron chi connectivity index (χ3n) is 3.76. The van der Waals surface area contributed by atoms with E-state index in [2.05, 4.69) is 16.9 Å². The van der Waals surface area contributed by atoms with Crippen LogP contribution in [-0.4, -0.2) is 10.9 Å². The fourth-order valence-electron chi connectivity index (χ4n) is 2.61. The Morgan fingerprint density at radius 3 is 2.65 bits per heavy atom. The van der Waals surface area contributed by atoms with E-state index in [1.54, 1.807) is 6.20 Å². The van der Waals surface area contributed by atoms with Gasteiger partial charge in [0.05, 0.1) is 11.2 Å². The van der Waals surface area contributed by atoms with Crippen molar-refractivity contribution in [3.05, 3.63) is 78.0 Å². The highest BCUT2D eigenvalue weighted by molar-refractivity contribution is 6.10. The topological polar surface area (TPSA) is 42.0 Å². The minimum Gasteiger partial charge on any atom is -0.320 e. The molecule has 0 spiro atoms. The van der Waals surface area contributed by atoms with E-state index in [9.17, 15) is 4.79 Å². The molecule has 0 bridgehead atoms. The van der Waals surface area contributed by atoms with Crippen LogP contribution < -0.4 is 5.32 Å². The summed E-state index contributed by atoms with van der Waals surface area (Å²) in [5.74, 6) is -0.148. The summed E-state index contributed by atoms with van der Waals surface area (Å²) >= 11 is 0. The van der Waals surface area contributed by atoms with Crippen LogP contribution in [0.15, 0.2) is 61.3 Å². The van der Waals surface area contributed by atoms with Crippen molar-refractivity contribution in [2.24, 2.45) is 0 Å². The lowest BCUT2D eigenvalue weighted by atomic mass is 9.99. The Kier molecular flexibility index (Phi) is 3.94. The monoisotopic (exact) mass is 302 g/mol. The zero-order valence-corrected chi connectivity index (χ0v) is 13.3. The lowest BCUT2D eigenvalue weighted by Crippen LogP contribution is -2.14. The molecule has 1 amide bonds. The number of pyridine rings is 1. The number of rotatable bonds is 3. The number of aromatic nitrogens is 1. The van der Waals surface area contributed by atoms with Crippen LogP contribution >= 0.6 is 0 Å². The molecule has 0 saturated carbocycles. The van der Waals surface area contributed by atoms with E-state index in [1.807, 2.05) is 62.4 Å². The normalized spacial score (nSPS) is 10.5. The van der Waals surface area contributed by atoms with Gasteiger partial charge in [0.15, 0.2) is 0 Å². The second kappa shape index (κ2) is 6.05. The molecule has 3 rings (SSSR count). The van der Waals surface area contributed by atoms with Crippen LogP contribution in [0, 0.1) is 6.92 Å². The lowest BCUT2D eigenvalue weighted by Gasteiger charge is -2.12. The maximum Gasteiger partial charge on any atom is 0.256 e. The number of amides is 1. The molecule has 0 aliphatic rings. The summed E-state index contributed by atoms with van der Waals surface area (Å²) in [6, 6.07) is 15.4. The molecule has 2 aromatic carbocycles. The van der Waals surface area contributed by atoms with Gasteiger partial charge in [0.1, 0.15) is 0 Å². The minimum absolute atomic E-state index is 0.148. The van der Waals surface area contributed by atoms with Crippen LogP contribution in [-0.2, 0) is 0 Å². The van der Waals surface area contributed by atoms with Crippen LogP contribution in [0.3, 0.4) is 0 Å². The summed E-state index contributed by atoms with van der Waals surface area (Å²) < 4.78 is 0. The van der Waals surface area contributed by atoms with Crippen molar-refractivity contribution in [1.82, 2.24) is 4.98 Å². The van der Waals surface area contributed by atoms with Gasteiger partial charge in [-0.3, -0.25) is 9.78 Å². The summed E-state index contributed by atoms with van der Waals surface area (Å²) in [6.07, 6.45) is 1.73. The molecule has 0 fully saturated rings. The van der Waals surface area contributed by atoms with Gasteiger partial charge in [0.25, 0.3) is 5.91 Å². The smallest absolute Gasteiger partial charge is 0.256 e. The molecule has 23 heavy (non-hydrogen) atoms. The van der Waals surface area contributed by atoms with E-state index in [4.69, 9.17) is 0 Å². The van der Waals surface area contributed by atoms with Gasteiger partial charge in [-0.1, -0.05) is 48.0 Å². The number of benzene rings is 2. The highest BCUT2D eigenvalue weighted by Crippen LogP contribution is 2.24. The molecule has 0 aliphatic carbocycles. The number of carbonyl (C=O) groups excluding carboxylic acids is 1. The van der Waals surface area contributed by atoms with Crippen molar-refractivity contribution in [3.63, 3.8) is 0 Å². The number of carbonyl (C=O) groups is 1. The number of hydrogen-bond donors (Lipinski definition) is 1. The molecule has 3 aromatic rings. The van der Waals surface area contributed by atoms with Crippen LogP contribution in [0.25, 0.3) is 16.5 Å². The third kappa shape index (κ3) is 2.99. The first-order chi connectivity index (χ1) is 11.1. The number of anilines is 1. The zero-order chi connectivity index (χ0) is 16.4. The van der Waals surface area contributed by atoms with E-state index in [1.165, 1.54) is 0 Å². The molecule has 114 valence electrons. The van der Waals surface area contributed by atoms with Gasteiger partial charge in [0, 0.05) is 17.1 Å². The SMILES string of the molecule is C=C(C)c1ccc(C)cc1C(=O)Nc1cccc2cccnc12. The predicted molar refractivity (Wildman–Crippen MR) is 95.6 cm³/mol. The number of aryl methyl sites for hydroxylation is 1. The Labute approximate surface area is 135 Å². The van der Waals surface area contributed by atoms with E-state index in [0.29, 0.717) is 11.3 Å². The number of para-hydroxylation sites is 1. The fraction of sp³-hybridized carbons (Fsp3) is 0.100. The molecule has 0 aliphatic heterocycles. The fourth-order valence-corrected chi connectivity index (χ4v) is 2.61. The summed E-state index contributed by atoms with van der Waals surface area (Å²) in [5.41, 5.74) is 4.89. The molecule has 0 radical (unpaired) electrons. The number of hydrogen-bond acceptors (Lipinski definition) is 2. The van der Waals surface area contributed by atoms with Crippen molar-refractivity contribution in [2.75, 3.05) is 5.32 Å². The maximum absolute atomic E-state index is 12.8. The molecular formula is C20H18N2O. The van der Waals surface area contributed by atoms with Crippen molar-refractivity contribution < 1.29 is 4.79 Å².